The molecule has 2 atom stereocenters. The Hall–Kier alpha value is -1.20. The molecule has 2 saturated carbocycles. The summed E-state index contributed by atoms with van der Waals surface area (Å²) in [4.78, 5) is 0. The minimum Gasteiger partial charge on any atom is -0.381 e. The van der Waals surface area contributed by atoms with Crippen molar-refractivity contribution >= 4 is 17.3 Å². The van der Waals surface area contributed by atoms with Gasteiger partial charge in [0.1, 0.15) is 0 Å². The molecule has 2 nitrogen and oxygen atoms in total. The van der Waals surface area contributed by atoms with E-state index in [1.165, 1.54) is 38.5 Å². The summed E-state index contributed by atoms with van der Waals surface area (Å²) in [6.45, 7) is 0. The standard InChI is InChI=1S/C16H19ClN2/c17-15-7-4-11(10-18)8-16(15)19-14-3-1-2-13(9-14)12-5-6-12/h4,7-8,12-14,19H,1-3,5-6,9H2. The average molecular weight is 275 g/mol. The lowest BCUT2D eigenvalue weighted by Gasteiger charge is -2.30. The molecule has 2 aliphatic carbocycles. The normalized spacial score (nSPS) is 26.7. The maximum absolute atomic E-state index is 8.96. The number of nitrogens with zero attached hydrogens (tertiary/aromatic N) is 1. The second-order valence-corrected chi connectivity index (χ2v) is 6.32. The summed E-state index contributed by atoms with van der Waals surface area (Å²) in [7, 11) is 0. The highest BCUT2D eigenvalue weighted by Crippen LogP contribution is 2.44. The van der Waals surface area contributed by atoms with Crippen LogP contribution in [-0.2, 0) is 0 Å². The van der Waals surface area contributed by atoms with Crippen molar-refractivity contribution in [3.8, 4) is 6.07 Å². The van der Waals surface area contributed by atoms with Crippen LogP contribution in [-0.4, -0.2) is 6.04 Å². The number of anilines is 1. The predicted molar refractivity (Wildman–Crippen MR) is 78.3 cm³/mol. The number of nitrogens with one attached hydrogen (secondary N) is 1. The topological polar surface area (TPSA) is 35.8 Å². The van der Waals surface area contributed by atoms with Gasteiger partial charge in [0.25, 0.3) is 0 Å². The molecule has 2 unspecified atom stereocenters. The summed E-state index contributed by atoms with van der Waals surface area (Å²) in [5, 5.41) is 13.2. The first-order valence-corrected chi connectivity index (χ1v) is 7.60. The van der Waals surface area contributed by atoms with Crippen molar-refractivity contribution in [3.05, 3.63) is 28.8 Å². The van der Waals surface area contributed by atoms with Gasteiger partial charge in [-0.25, -0.2) is 0 Å². The molecule has 3 heteroatoms. The third kappa shape index (κ3) is 3.04. The summed E-state index contributed by atoms with van der Waals surface area (Å²) < 4.78 is 0. The molecular weight excluding hydrogens is 256 g/mol. The predicted octanol–water partition coefficient (Wildman–Crippen LogP) is 4.59. The third-order valence-corrected chi connectivity index (χ3v) is 4.79. The lowest BCUT2D eigenvalue weighted by molar-refractivity contribution is 0.303. The third-order valence-electron chi connectivity index (χ3n) is 4.46. The summed E-state index contributed by atoms with van der Waals surface area (Å²) in [5.41, 5.74) is 1.59. The number of nitriles is 1. The summed E-state index contributed by atoms with van der Waals surface area (Å²) in [6, 6.07) is 8.13. The molecule has 0 aromatic heterocycles. The van der Waals surface area contributed by atoms with Crippen molar-refractivity contribution in [1.82, 2.24) is 0 Å². The Labute approximate surface area is 119 Å². The van der Waals surface area contributed by atoms with E-state index in [9.17, 15) is 0 Å². The molecule has 2 aliphatic rings. The van der Waals surface area contributed by atoms with E-state index in [-0.39, 0.29) is 0 Å². The SMILES string of the molecule is N#Cc1ccc(Cl)c(NC2CCCC(C3CC3)C2)c1. The molecule has 0 saturated heterocycles. The van der Waals surface area contributed by atoms with E-state index in [2.05, 4.69) is 11.4 Å². The molecule has 0 heterocycles. The van der Waals surface area contributed by atoms with Gasteiger partial charge in [-0.05, 0) is 55.7 Å². The molecule has 19 heavy (non-hydrogen) atoms. The second kappa shape index (κ2) is 5.43. The maximum Gasteiger partial charge on any atom is 0.0992 e. The summed E-state index contributed by atoms with van der Waals surface area (Å²) >= 11 is 6.21. The fourth-order valence-electron chi connectivity index (χ4n) is 3.28. The first-order valence-electron chi connectivity index (χ1n) is 7.22. The van der Waals surface area contributed by atoms with Crippen molar-refractivity contribution < 1.29 is 0 Å². The van der Waals surface area contributed by atoms with E-state index in [0.717, 1.165) is 17.5 Å². The van der Waals surface area contributed by atoms with E-state index < -0.39 is 0 Å². The van der Waals surface area contributed by atoms with E-state index in [1.54, 1.807) is 6.07 Å². The van der Waals surface area contributed by atoms with E-state index in [0.29, 0.717) is 16.6 Å². The number of benzene rings is 1. The number of hydrogen-bond acceptors (Lipinski definition) is 2. The Kier molecular flexibility index (Phi) is 3.66. The van der Waals surface area contributed by atoms with Crippen LogP contribution in [0.5, 0.6) is 0 Å². The van der Waals surface area contributed by atoms with E-state index in [4.69, 9.17) is 16.9 Å². The Morgan fingerprint density at radius 2 is 2.00 bits per heavy atom. The van der Waals surface area contributed by atoms with E-state index >= 15 is 0 Å². The molecular formula is C16H19ClN2. The van der Waals surface area contributed by atoms with Crippen LogP contribution in [0.3, 0.4) is 0 Å². The Balaban J connectivity index is 1.68. The van der Waals surface area contributed by atoms with Crippen LogP contribution in [0.4, 0.5) is 5.69 Å². The molecule has 3 rings (SSSR count). The van der Waals surface area contributed by atoms with Crippen LogP contribution >= 0.6 is 11.6 Å². The van der Waals surface area contributed by atoms with Crippen molar-refractivity contribution in [2.75, 3.05) is 5.32 Å². The second-order valence-electron chi connectivity index (χ2n) is 5.91. The quantitative estimate of drug-likeness (QED) is 0.875. The van der Waals surface area contributed by atoms with Crippen LogP contribution in [0.15, 0.2) is 18.2 Å². The summed E-state index contributed by atoms with van der Waals surface area (Å²) in [6.07, 6.45) is 8.06. The molecule has 1 N–H and O–H groups in total. The lowest BCUT2D eigenvalue weighted by Crippen LogP contribution is -2.28. The Morgan fingerprint density at radius 1 is 1.16 bits per heavy atom. The zero-order valence-corrected chi connectivity index (χ0v) is 11.8. The zero-order chi connectivity index (χ0) is 13.2. The van der Waals surface area contributed by atoms with Gasteiger partial charge in [0.15, 0.2) is 0 Å². The van der Waals surface area contributed by atoms with Crippen molar-refractivity contribution in [1.29, 1.82) is 5.26 Å². The molecule has 1 aromatic carbocycles. The van der Waals surface area contributed by atoms with Crippen LogP contribution in [0.2, 0.25) is 5.02 Å². The van der Waals surface area contributed by atoms with Crippen molar-refractivity contribution in [2.45, 2.75) is 44.6 Å². The van der Waals surface area contributed by atoms with Crippen molar-refractivity contribution in [3.63, 3.8) is 0 Å². The molecule has 0 amide bonds. The Bertz CT molecular complexity index is 502. The highest BCUT2D eigenvalue weighted by molar-refractivity contribution is 6.33. The first kappa shape index (κ1) is 12.8. The smallest absolute Gasteiger partial charge is 0.0992 e. The number of rotatable bonds is 3. The number of hydrogen-bond donors (Lipinski definition) is 1. The van der Waals surface area contributed by atoms with Gasteiger partial charge in [-0.2, -0.15) is 5.26 Å². The maximum atomic E-state index is 8.96. The van der Waals surface area contributed by atoms with Gasteiger partial charge in [-0.3, -0.25) is 0 Å². The molecule has 2 fully saturated rings. The lowest BCUT2D eigenvalue weighted by atomic mass is 9.82. The van der Waals surface area contributed by atoms with Gasteiger partial charge >= 0.3 is 0 Å². The fourth-order valence-corrected chi connectivity index (χ4v) is 3.45. The van der Waals surface area contributed by atoms with Gasteiger partial charge in [0.05, 0.1) is 22.3 Å². The van der Waals surface area contributed by atoms with Crippen LogP contribution in [0, 0.1) is 23.2 Å². The van der Waals surface area contributed by atoms with Gasteiger partial charge in [-0.15, -0.1) is 0 Å². The molecule has 0 spiro atoms. The molecule has 0 bridgehead atoms. The zero-order valence-electron chi connectivity index (χ0n) is 11.0. The van der Waals surface area contributed by atoms with Gasteiger partial charge in [-0.1, -0.05) is 24.4 Å². The highest BCUT2D eigenvalue weighted by atomic mass is 35.5. The monoisotopic (exact) mass is 274 g/mol. The molecule has 100 valence electrons. The first-order chi connectivity index (χ1) is 9.26. The minimum absolute atomic E-state index is 0.519. The average Bonchev–Trinajstić information content (AvgIpc) is 3.26. The fraction of sp³-hybridized carbons (Fsp3) is 0.562. The minimum atomic E-state index is 0.519. The highest BCUT2D eigenvalue weighted by Gasteiger charge is 2.34. The van der Waals surface area contributed by atoms with E-state index in [1.807, 2.05) is 12.1 Å². The van der Waals surface area contributed by atoms with Gasteiger partial charge in [0.2, 0.25) is 0 Å². The van der Waals surface area contributed by atoms with Gasteiger partial charge in [0, 0.05) is 6.04 Å². The molecule has 0 radical (unpaired) electrons. The van der Waals surface area contributed by atoms with Crippen LogP contribution in [0.1, 0.15) is 44.1 Å². The van der Waals surface area contributed by atoms with Crippen LogP contribution in [0.25, 0.3) is 0 Å². The largest absolute Gasteiger partial charge is 0.381 e. The van der Waals surface area contributed by atoms with Crippen LogP contribution < -0.4 is 5.32 Å². The molecule has 0 aliphatic heterocycles. The van der Waals surface area contributed by atoms with Crippen molar-refractivity contribution in [2.24, 2.45) is 11.8 Å². The van der Waals surface area contributed by atoms with Gasteiger partial charge < -0.3 is 5.32 Å². The Morgan fingerprint density at radius 3 is 2.74 bits per heavy atom. The molecule has 1 aromatic rings. The number of halogens is 1. The summed E-state index contributed by atoms with van der Waals surface area (Å²) in [5.74, 6) is 1.90.